The Morgan fingerprint density at radius 1 is 1.00 bits per heavy atom. The molecule has 134 valence electrons. The summed E-state index contributed by atoms with van der Waals surface area (Å²) in [5.41, 5.74) is 1.67. The maximum Gasteiger partial charge on any atom is 0.226 e. The molecule has 0 saturated heterocycles. The van der Waals surface area contributed by atoms with Crippen molar-refractivity contribution in [3.8, 4) is 17.2 Å². The summed E-state index contributed by atoms with van der Waals surface area (Å²) < 4.78 is 15.9. The van der Waals surface area contributed by atoms with E-state index in [-0.39, 0.29) is 5.91 Å². The summed E-state index contributed by atoms with van der Waals surface area (Å²) in [7, 11) is 6.58. The van der Waals surface area contributed by atoms with Crippen LogP contribution in [0.3, 0.4) is 0 Å². The predicted molar refractivity (Wildman–Crippen MR) is 99.1 cm³/mol. The van der Waals surface area contributed by atoms with Crippen molar-refractivity contribution in [2.24, 2.45) is 0 Å². The normalized spacial score (nSPS) is 10.1. The molecule has 0 bridgehead atoms. The van der Waals surface area contributed by atoms with E-state index in [1.54, 1.807) is 12.1 Å². The molecule has 0 aliphatic rings. The van der Waals surface area contributed by atoms with Crippen molar-refractivity contribution < 1.29 is 19.0 Å². The zero-order valence-corrected chi connectivity index (χ0v) is 15.0. The number of hydrogen-bond donors (Lipinski definition) is 1. The number of nitrogens with zero attached hydrogens (tertiary/aromatic N) is 1. The lowest BCUT2D eigenvalue weighted by molar-refractivity contribution is -0.116. The lowest BCUT2D eigenvalue weighted by Crippen LogP contribution is -2.23. The second kappa shape index (κ2) is 8.82. The number of ether oxygens (including phenoxy) is 3. The van der Waals surface area contributed by atoms with Gasteiger partial charge in [-0.25, -0.2) is 0 Å². The third-order valence-corrected chi connectivity index (χ3v) is 3.82. The molecule has 2 aromatic carbocycles. The van der Waals surface area contributed by atoms with Crippen molar-refractivity contribution in [1.29, 1.82) is 0 Å². The maximum absolute atomic E-state index is 12.3. The smallest absolute Gasteiger partial charge is 0.226 e. The van der Waals surface area contributed by atoms with Crippen LogP contribution >= 0.6 is 0 Å². The van der Waals surface area contributed by atoms with Crippen LogP contribution in [0.1, 0.15) is 6.42 Å². The van der Waals surface area contributed by atoms with Gasteiger partial charge in [0.15, 0.2) is 11.5 Å². The molecule has 2 aromatic rings. The molecule has 0 aromatic heterocycles. The van der Waals surface area contributed by atoms with E-state index in [1.165, 1.54) is 21.3 Å². The molecule has 0 heterocycles. The monoisotopic (exact) mass is 344 g/mol. The zero-order chi connectivity index (χ0) is 18.2. The fraction of sp³-hybridized carbons (Fsp3) is 0.316. The molecule has 2 rings (SSSR count). The van der Waals surface area contributed by atoms with Gasteiger partial charge in [-0.3, -0.25) is 4.79 Å². The first-order valence-electron chi connectivity index (χ1n) is 7.95. The SMILES string of the molecule is COc1cc(NC(=O)CCN(C)c2ccccc2)cc(OC)c1OC. The van der Waals surface area contributed by atoms with Gasteiger partial charge < -0.3 is 24.4 Å². The molecule has 0 atom stereocenters. The minimum atomic E-state index is -0.0861. The summed E-state index contributed by atoms with van der Waals surface area (Å²) in [4.78, 5) is 14.3. The van der Waals surface area contributed by atoms with Crippen LogP contribution in [-0.4, -0.2) is 40.8 Å². The van der Waals surface area contributed by atoms with Gasteiger partial charge in [-0.1, -0.05) is 18.2 Å². The zero-order valence-electron chi connectivity index (χ0n) is 15.0. The van der Waals surface area contributed by atoms with Crippen LogP contribution in [0.4, 0.5) is 11.4 Å². The average Bonchev–Trinajstić information content (AvgIpc) is 2.65. The number of para-hydroxylation sites is 1. The van der Waals surface area contributed by atoms with Gasteiger partial charge in [-0.05, 0) is 12.1 Å². The summed E-state index contributed by atoms with van der Waals surface area (Å²) in [5, 5.41) is 2.87. The number of rotatable bonds is 8. The van der Waals surface area contributed by atoms with Gasteiger partial charge in [0, 0.05) is 43.5 Å². The van der Waals surface area contributed by atoms with Crippen molar-refractivity contribution in [2.75, 3.05) is 45.1 Å². The van der Waals surface area contributed by atoms with E-state index in [2.05, 4.69) is 5.32 Å². The van der Waals surface area contributed by atoms with Crippen LogP contribution in [0.15, 0.2) is 42.5 Å². The third kappa shape index (κ3) is 4.79. The van der Waals surface area contributed by atoms with Crippen molar-refractivity contribution in [3.05, 3.63) is 42.5 Å². The molecule has 1 N–H and O–H groups in total. The number of methoxy groups -OCH3 is 3. The quantitative estimate of drug-likeness (QED) is 0.797. The van der Waals surface area contributed by atoms with Crippen LogP contribution in [0.2, 0.25) is 0 Å². The molecule has 0 unspecified atom stereocenters. The molecule has 0 spiro atoms. The van der Waals surface area contributed by atoms with E-state index >= 15 is 0 Å². The van der Waals surface area contributed by atoms with E-state index in [0.29, 0.717) is 35.9 Å². The molecule has 0 aliphatic heterocycles. The number of nitrogens with one attached hydrogen (secondary N) is 1. The van der Waals surface area contributed by atoms with E-state index in [1.807, 2.05) is 42.3 Å². The average molecular weight is 344 g/mol. The van der Waals surface area contributed by atoms with Gasteiger partial charge in [0.25, 0.3) is 0 Å². The summed E-state index contributed by atoms with van der Waals surface area (Å²) in [5.74, 6) is 1.40. The Morgan fingerprint density at radius 2 is 1.60 bits per heavy atom. The number of benzene rings is 2. The second-order valence-corrected chi connectivity index (χ2v) is 5.47. The molecule has 1 amide bonds. The first-order valence-corrected chi connectivity index (χ1v) is 7.95. The molecule has 0 fully saturated rings. The van der Waals surface area contributed by atoms with Crippen LogP contribution in [0.5, 0.6) is 17.2 Å². The Kier molecular flexibility index (Phi) is 6.51. The van der Waals surface area contributed by atoms with Crippen molar-refractivity contribution in [1.82, 2.24) is 0 Å². The van der Waals surface area contributed by atoms with E-state index in [0.717, 1.165) is 5.69 Å². The topological polar surface area (TPSA) is 60.0 Å². The van der Waals surface area contributed by atoms with Gasteiger partial charge >= 0.3 is 0 Å². The van der Waals surface area contributed by atoms with Crippen molar-refractivity contribution in [3.63, 3.8) is 0 Å². The standard InChI is InChI=1S/C19H24N2O4/c1-21(15-8-6-5-7-9-15)11-10-18(22)20-14-12-16(23-2)19(25-4)17(13-14)24-3/h5-9,12-13H,10-11H2,1-4H3,(H,20,22). The number of hydrogen-bond acceptors (Lipinski definition) is 5. The minimum absolute atomic E-state index is 0.0861. The van der Waals surface area contributed by atoms with Crippen LogP contribution in [-0.2, 0) is 4.79 Å². The van der Waals surface area contributed by atoms with Crippen molar-refractivity contribution >= 4 is 17.3 Å². The first kappa shape index (κ1) is 18.4. The number of amides is 1. The summed E-state index contributed by atoms with van der Waals surface area (Å²) in [6.07, 6.45) is 0.363. The maximum atomic E-state index is 12.3. The molecule has 25 heavy (non-hydrogen) atoms. The minimum Gasteiger partial charge on any atom is -0.493 e. The Balaban J connectivity index is 2.00. The van der Waals surface area contributed by atoms with Gasteiger partial charge in [0.1, 0.15) is 0 Å². The van der Waals surface area contributed by atoms with E-state index < -0.39 is 0 Å². The number of carbonyl (C=O) groups excluding carboxylic acids is 1. The Hall–Kier alpha value is -2.89. The highest BCUT2D eigenvalue weighted by molar-refractivity contribution is 5.91. The van der Waals surface area contributed by atoms with Crippen LogP contribution < -0.4 is 24.4 Å². The summed E-state index contributed by atoms with van der Waals surface area (Å²) >= 11 is 0. The van der Waals surface area contributed by atoms with E-state index in [4.69, 9.17) is 14.2 Å². The predicted octanol–water partition coefficient (Wildman–Crippen LogP) is 3.18. The van der Waals surface area contributed by atoms with Crippen LogP contribution in [0.25, 0.3) is 0 Å². The summed E-state index contributed by atoms with van der Waals surface area (Å²) in [6, 6.07) is 13.4. The highest BCUT2D eigenvalue weighted by Crippen LogP contribution is 2.39. The highest BCUT2D eigenvalue weighted by atomic mass is 16.5. The Morgan fingerprint density at radius 3 is 2.12 bits per heavy atom. The summed E-state index contributed by atoms with van der Waals surface area (Å²) in [6.45, 7) is 0.611. The van der Waals surface area contributed by atoms with Gasteiger partial charge in [0.2, 0.25) is 11.7 Å². The fourth-order valence-electron chi connectivity index (χ4n) is 2.46. The Labute approximate surface area is 148 Å². The van der Waals surface area contributed by atoms with Gasteiger partial charge in [0.05, 0.1) is 21.3 Å². The van der Waals surface area contributed by atoms with E-state index in [9.17, 15) is 4.79 Å². The number of anilines is 2. The van der Waals surface area contributed by atoms with Crippen molar-refractivity contribution in [2.45, 2.75) is 6.42 Å². The lowest BCUT2D eigenvalue weighted by Gasteiger charge is -2.19. The highest BCUT2D eigenvalue weighted by Gasteiger charge is 2.14. The molecule has 0 saturated carbocycles. The molecule has 0 aliphatic carbocycles. The van der Waals surface area contributed by atoms with Gasteiger partial charge in [-0.2, -0.15) is 0 Å². The molecular weight excluding hydrogens is 320 g/mol. The number of carbonyl (C=O) groups is 1. The van der Waals surface area contributed by atoms with Crippen LogP contribution in [0, 0.1) is 0 Å². The largest absolute Gasteiger partial charge is 0.493 e. The molecule has 6 nitrogen and oxygen atoms in total. The first-order chi connectivity index (χ1) is 12.1. The lowest BCUT2D eigenvalue weighted by atomic mass is 10.2. The third-order valence-electron chi connectivity index (χ3n) is 3.82. The molecule has 0 radical (unpaired) electrons. The molecular formula is C19H24N2O4. The molecule has 6 heteroatoms. The fourth-order valence-corrected chi connectivity index (χ4v) is 2.46. The second-order valence-electron chi connectivity index (χ2n) is 5.47. The van der Waals surface area contributed by atoms with Gasteiger partial charge in [-0.15, -0.1) is 0 Å². The Bertz CT molecular complexity index is 679.